The summed E-state index contributed by atoms with van der Waals surface area (Å²) in [4.78, 5) is 57.3. The standard InChI is InChI=1S/C23H35O2S.C20H28NO2S.C19H28NO2S2.C19H29OS.C18H25O2S/c1-22(2,3)16-10-12-18(13-11-16)26-19-8-7-9-20(26)15-17(14-19)25-21(24)23(4,5)6;1-14(22)21-13-18-7-5-6-17(12-19(21)23)24(18)16-10-8-15(9-11-16)20(2,3)4;1-19(2,3)14-8-10-16(11-9-14)23-17-6-5-7-18(23)13-15(12-17)20-24(4,21)22;1-19(2,3)14-8-10-16(11-9-14)21-17-6-5-7-18(21)13-15(12-17)20-4;1-18(2,3)13-7-9-14(10-8-13)21-15-5-4-6-16(21)12-20-17(19)11-15/h10-13,17,19-20H,7-9,14-15H2,1-6H3;2*8-11,17-18H,5-7,12-13H2,1-4H3;8-11,15,17-18H,5-7,12-13H2,1-4H3;7-10,15-16H,4-6,11-12H2,1-3H3/q5*+1. The monoisotopic (exact) mass is 1700 g/mol. The van der Waals surface area contributed by atoms with Gasteiger partial charge in [-0.15, -0.1) is 0 Å². The maximum Gasteiger partial charge on any atom is 0.311 e. The second kappa shape index (κ2) is 38.5. The summed E-state index contributed by atoms with van der Waals surface area (Å²) < 4.78 is 44.1. The molecule has 0 aliphatic carbocycles. The van der Waals surface area contributed by atoms with Crippen molar-refractivity contribution in [3.05, 3.63) is 149 Å². The smallest absolute Gasteiger partial charge is 0.311 e. The maximum absolute atomic E-state index is 12.5. The molecule has 5 aromatic carbocycles. The normalized spacial score (nSPS) is 29.4. The molecule has 10 aliphatic heterocycles. The minimum Gasteiger partial charge on any atom is -0.462 e. The molecule has 17 heteroatoms. The average Bonchev–Trinajstić information content (AvgIpc) is 0.856. The zero-order valence-electron chi connectivity index (χ0n) is 74.7. The van der Waals surface area contributed by atoms with Gasteiger partial charge in [0.1, 0.15) is 60.0 Å². The molecule has 10 bridgehead atoms. The molecule has 0 radical (unpaired) electrons. The number of amides is 2. The van der Waals surface area contributed by atoms with E-state index in [0.29, 0.717) is 95.9 Å². The maximum atomic E-state index is 12.5. The largest absolute Gasteiger partial charge is 0.462 e. The molecule has 2 amide bonds. The Labute approximate surface area is 716 Å². The Kier molecular flexibility index (Phi) is 30.6. The molecule has 0 saturated carbocycles. The van der Waals surface area contributed by atoms with E-state index in [4.69, 9.17) is 14.2 Å². The van der Waals surface area contributed by atoms with E-state index in [1.54, 1.807) is 4.90 Å². The first kappa shape index (κ1) is 92.2. The van der Waals surface area contributed by atoms with Crippen LogP contribution in [-0.4, -0.2) is 134 Å². The predicted molar refractivity (Wildman–Crippen MR) is 494 cm³/mol. The van der Waals surface area contributed by atoms with Gasteiger partial charge < -0.3 is 14.2 Å². The van der Waals surface area contributed by atoms with Crippen molar-refractivity contribution in [2.45, 2.75) is 395 Å². The SMILES string of the molecule is CC(=O)N1CC2CCCC(CC1=O)[S+]2c1ccc(C(C)(C)C)cc1.CC(C)(C)C(=O)OC1CC2CCCC(C1)[S+]2c1ccc(C(C)(C)C)cc1.CC(C)(C)c1ccc([S+]2C3CCCC2CC(=NS(C)(=O)=O)C3)cc1.CC(C)(C)c1ccc([S+]2C3CCCC2CC(=O)OC3)cc1.COC1CC2CCCC(C1)[S+]2c1ccc(C(C)(C)C)cc1. The van der Waals surface area contributed by atoms with E-state index in [-0.39, 0.29) is 89.6 Å². The minimum atomic E-state index is -3.27. The predicted octanol–water partition coefficient (Wildman–Crippen LogP) is 21.9. The molecule has 10 aliphatic rings. The highest BCUT2D eigenvalue weighted by Gasteiger charge is 2.55. The lowest BCUT2D eigenvalue weighted by Gasteiger charge is -2.38. The van der Waals surface area contributed by atoms with Gasteiger partial charge >= 0.3 is 11.9 Å². The van der Waals surface area contributed by atoms with Crippen molar-refractivity contribution in [2.24, 2.45) is 9.81 Å². The number of rotatable bonds is 8. The van der Waals surface area contributed by atoms with E-state index >= 15 is 0 Å². The van der Waals surface area contributed by atoms with Gasteiger partial charge in [0.15, 0.2) is 29.7 Å². The minimum absolute atomic E-state index is 0.00760. The first-order chi connectivity index (χ1) is 54.4. The van der Waals surface area contributed by atoms with Crippen LogP contribution in [0.25, 0.3) is 0 Å². The van der Waals surface area contributed by atoms with Crippen molar-refractivity contribution in [3.63, 3.8) is 0 Å². The summed E-state index contributed by atoms with van der Waals surface area (Å²) in [6.45, 7) is 42.4. The molecule has 10 fully saturated rings. The fourth-order valence-corrected chi connectivity index (χ4v) is 36.4. The van der Waals surface area contributed by atoms with Gasteiger partial charge in [-0.25, -0.2) is 8.42 Å². The van der Waals surface area contributed by atoms with Gasteiger partial charge in [-0.2, -0.15) is 4.40 Å². The number of cyclic esters (lactones) is 1. The van der Waals surface area contributed by atoms with E-state index in [2.05, 4.69) is 230 Å². The van der Waals surface area contributed by atoms with Gasteiger partial charge in [0, 0.05) is 113 Å². The highest BCUT2D eigenvalue weighted by atomic mass is 32.2. The molecular formula is C99H145N2O9S6+5. The third kappa shape index (κ3) is 24.1. The number of ether oxygens (including phenoxy) is 3. The molecule has 0 spiro atoms. The van der Waals surface area contributed by atoms with Crippen LogP contribution in [0, 0.1) is 5.41 Å². The van der Waals surface area contributed by atoms with Gasteiger partial charge in [0.25, 0.3) is 0 Å². The first-order valence-corrected chi connectivity index (χ1v) is 52.6. The average molecular weight is 1700 g/mol. The quantitative estimate of drug-likeness (QED) is 0.109. The number of hydrogen-bond acceptors (Lipinski definition) is 9. The summed E-state index contributed by atoms with van der Waals surface area (Å²) in [5, 5.41) is 6.10. The molecule has 11 nitrogen and oxygen atoms in total. The Balaban J connectivity index is 0.000000143. The van der Waals surface area contributed by atoms with E-state index < -0.39 is 15.4 Å². The number of methoxy groups -OCH3 is 1. The molecular weight excluding hydrogens is 1550 g/mol. The summed E-state index contributed by atoms with van der Waals surface area (Å²) >= 11 is 0. The van der Waals surface area contributed by atoms with Gasteiger partial charge in [0.05, 0.1) is 37.2 Å². The lowest BCUT2D eigenvalue weighted by molar-refractivity contribution is -0.159. The number of benzene rings is 5. The summed E-state index contributed by atoms with van der Waals surface area (Å²) in [5.74, 6) is -0.106. The first-order valence-electron chi connectivity index (χ1n) is 44.0. The number of imide groups is 1. The molecule has 0 N–H and O–H groups in total. The number of nitrogens with zero attached hydrogens (tertiary/aromatic N) is 2. The lowest BCUT2D eigenvalue weighted by Crippen LogP contribution is -2.47. The van der Waals surface area contributed by atoms with Crippen LogP contribution in [0.1, 0.15) is 307 Å². The molecule has 10 heterocycles. The van der Waals surface area contributed by atoms with E-state index in [0.717, 1.165) is 54.7 Å². The number of fused-ring (bicyclic) bond motifs is 10. The molecule has 12 atom stereocenters. The molecule has 116 heavy (non-hydrogen) atoms. The second-order valence-electron chi connectivity index (χ2n) is 41.1. The van der Waals surface area contributed by atoms with Gasteiger partial charge in [-0.3, -0.25) is 24.1 Å². The number of sulfonamides is 1. The number of hydrogen-bond donors (Lipinski definition) is 0. The van der Waals surface area contributed by atoms with Gasteiger partial charge in [-0.05, 0) is 233 Å². The van der Waals surface area contributed by atoms with Crippen molar-refractivity contribution in [3.8, 4) is 0 Å². The van der Waals surface area contributed by atoms with Crippen molar-refractivity contribution < 1.29 is 41.8 Å². The second-order valence-corrected chi connectivity index (χ2v) is 55.5. The number of esters is 2. The summed E-state index contributed by atoms with van der Waals surface area (Å²) in [6.07, 6.45) is 28.2. The number of carbonyl (C=O) groups excluding carboxylic acids is 4. The molecule has 636 valence electrons. The Morgan fingerprint density at radius 1 is 0.397 bits per heavy atom. The van der Waals surface area contributed by atoms with Crippen molar-refractivity contribution in [1.29, 1.82) is 0 Å². The van der Waals surface area contributed by atoms with Crippen LogP contribution in [0.3, 0.4) is 0 Å². The van der Waals surface area contributed by atoms with E-state index in [1.165, 1.54) is 162 Å². The third-order valence-corrected chi connectivity index (χ3v) is 41.6. The van der Waals surface area contributed by atoms with Crippen LogP contribution in [-0.2, 0) is 125 Å². The van der Waals surface area contributed by atoms with E-state index in [9.17, 15) is 27.6 Å². The summed E-state index contributed by atoms with van der Waals surface area (Å²) in [6, 6.07) is 46.3. The fourth-order valence-electron chi connectivity index (χ4n) is 19.2. The van der Waals surface area contributed by atoms with Crippen LogP contribution in [0.5, 0.6) is 0 Å². The molecule has 5 aromatic rings. The fraction of sp³-hybridized carbons (Fsp3) is 0.646. The summed E-state index contributed by atoms with van der Waals surface area (Å²) in [5.41, 5.74) is 8.44. The van der Waals surface area contributed by atoms with Crippen LogP contribution in [0.4, 0.5) is 0 Å². The van der Waals surface area contributed by atoms with Crippen LogP contribution >= 0.6 is 0 Å². The molecule has 15 rings (SSSR count). The van der Waals surface area contributed by atoms with Gasteiger partial charge in [-0.1, -0.05) is 165 Å². The zero-order valence-corrected chi connectivity index (χ0v) is 79.6. The molecule has 12 unspecified atom stereocenters. The lowest BCUT2D eigenvalue weighted by atomic mass is 9.87. The van der Waals surface area contributed by atoms with Crippen LogP contribution in [0.2, 0.25) is 0 Å². The Hall–Kier alpha value is -4.49. The van der Waals surface area contributed by atoms with E-state index in [1.807, 2.05) is 27.9 Å². The molecule has 10 saturated heterocycles. The zero-order chi connectivity index (χ0) is 84.2. The highest BCUT2D eigenvalue weighted by Crippen LogP contribution is 2.48. The Morgan fingerprint density at radius 3 is 0.983 bits per heavy atom. The molecule has 0 aromatic heterocycles. The summed E-state index contributed by atoms with van der Waals surface area (Å²) in [7, 11) is -0.120. The van der Waals surface area contributed by atoms with Crippen molar-refractivity contribution >= 4 is 94.0 Å². The van der Waals surface area contributed by atoms with Crippen molar-refractivity contribution in [2.75, 3.05) is 26.5 Å². The van der Waals surface area contributed by atoms with Crippen LogP contribution in [0.15, 0.2) is 150 Å². The van der Waals surface area contributed by atoms with Gasteiger partial charge in [0.2, 0.25) is 21.8 Å². The van der Waals surface area contributed by atoms with Crippen LogP contribution < -0.4 is 0 Å². The van der Waals surface area contributed by atoms with Crippen molar-refractivity contribution in [1.82, 2.24) is 4.90 Å². The third-order valence-electron chi connectivity index (χ3n) is 25.7. The number of carbonyl (C=O) groups is 4. The Bertz CT molecular complexity index is 4210. The Morgan fingerprint density at radius 2 is 0.672 bits per heavy atom. The highest BCUT2D eigenvalue weighted by molar-refractivity contribution is 7.99. The topological polar surface area (TPSA) is 146 Å².